The summed E-state index contributed by atoms with van der Waals surface area (Å²) < 4.78 is 1.90. The molecule has 0 N–H and O–H groups in total. The SMILES string of the molecule is Cc1cc(-n2nnc3ccccc32)ccc1C(C)(C)C. The highest BCUT2D eigenvalue weighted by Gasteiger charge is 2.17. The molecule has 3 nitrogen and oxygen atoms in total. The zero-order chi connectivity index (χ0) is 14.3. The lowest BCUT2D eigenvalue weighted by molar-refractivity contribution is 0.586. The summed E-state index contributed by atoms with van der Waals surface area (Å²) in [5, 5.41) is 8.47. The van der Waals surface area contributed by atoms with Gasteiger partial charge in [0, 0.05) is 0 Å². The number of nitrogens with zero attached hydrogens (tertiary/aromatic N) is 3. The summed E-state index contributed by atoms with van der Waals surface area (Å²) in [7, 11) is 0. The van der Waals surface area contributed by atoms with Crippen LogP contribution < -0.4 is 0 Å². The molecule has 0 aliphatic heterocycles. The third-order valence-corrected chi connectivity index (χ3v) is 3.61. The van der Waals surface area contributed by atoms with Crippen LogP contribution in [0, 0.1) is 6.92 Å². The fourth-order valence-corrected chi connectivity index (χ4v) is 2.68. The molecule has 3 heteroatoms. The van der Waals surface area contributed by atoms with Gasteiger partial charge in [0.1, 0.15) is 5.52 Å². The van der Waals surface area contributed by atoms with Gasteiger partial charge >= 0.3 is 0 Å². The molecular formula is C17H19N3. The molecule has 0 fully saturated rings. The summed E-state index contributed by atoms with van der Waals surface area (Å²) >= 11 is 0. The van der Waals surface area contributed by atoms with Crippen LogP contribution in [0.3, 0.4) is 0 Å². The third-order valence-electron chi connectivity index (χ3n) is 3.61. The van der Waals surface area contributed by atoms with Crippen LogP contribution in [-0.2, 0) is 5.41 Å². The zero-order valence-corrected chi connectivity index (χ0v) is 12.4. The molecule has 0 aliphatic carbocycles. The number of hydrogen-bond donors (Lipinski definition) is 0. The van der Waals surface area contributed by atoms with Gasteiger partial charge in [-0.1, -0.05) is 44.2 Å². The molecule has 1 aromatic heterocycles. The largest absolute Gasteiger partial charge is 0.213 e. The highest BCUT2D eigenvalue weighted by atomic mass is 15.4. The molecule has 0 unspecified atom stereocenters. The van der Waals surface area contributed by atoms with Crippen molar-refractivity contribution in [3.8, 4) is 5.69 Å². The second-order valence-corrected chi connectivity index (χ2v) is 6.24. The topological polar surface area (TPSA) is 30.7 Å². The van der Waals surface area contributed by atoms with Crippen molar-refractivity contribution >= 4 is 11.0 Å². The van der Waals surface area contributed by atoms with E-state index in [0.717, 1.165) is 16.7 Å². The molecule has 0 atom stereocenters. The maximum absolute atomic E-state index is 4.27. The van der Waals surface area contributed by atoms with Crippen molar-refractivity contribution < 1.29 is 0 Å². The van der Waals surface area contributed by atoms with Crippen molar-refractivity contribution in [1.29, 1.82) is 0 Å². The van der Waals surface area contributed by atoms with Gasteiger partial charge in [-0.25, -0.2) is 4.68 Å². The van der Waals surface area contributed by atoms with Gasteiger partial charge in [0.25, 0.3) is 0 Å². The van der Waals surface area contributed by atoms with Gasteiger partial charge in [-0.2, -0.15) is 0 Å². The van der Waals surface area contributed by atoms with Crippen LogP contribution in [-0.4, -0.2) is 15.0 Å². The molecule has 0 saturated carbocycles. The summed E-state index contributed by atoms with van der Waals surface area (Å²) in [6, 6.07) is 14.5. The highest BCUT2D eigenvalue weighted by molar-refractivity contribution is 5.75. The molecule has 2 aromatic carbocycles. The first-order chi connectivity index (χ1) is 9.47. The predicted octanol–water partition coefficient (Wildman–Crippen LogP) is 4.03. The van der Waals surface area contributed by atoms with Crippen molar-refractivity contribution in [2.75, 3.05) is 0 Å². The number of hydrogen-bond acceptors (Lipinski definition) is 2. The lowest BCUT2D eigenvalue weighted by atomic mass is 9.84. The van der Waals surface area contributed by atoms with E-state index in [1.165, 1.54) is 11.1 Å². The second-order valence-electron chi connectivity index (χ2n) is 6.24. The number of aromatic nitrogens is 3. The fourth-order valence-electron chi connectivity index (χ4n) is 2.68. The van der Waals surface area contributed by atoms with E-state index in [4.69, 9.17) is 0 Å². The third kappa shape index (κ3) is 2.09. The van der Waals surface area contributed by atoms with Crippen molar-refractivity contribution in [3.05, 3.63) is 53.6 Å². The summed E-state index contributed by atoms with van der Waals surface area (Å²) in [6.07, 6.45) is 0. The van der Waals surface area contributed by atoms with Crippen LogP contribution >= 0.6 is 0 Å². The quantitative estimate of drug-likeness (QED) is 0.665. The highest BCUT2D eigenvalue weighted by Crippen LogP contribution is 2.27. The summed E-state index contributed by atoms with van der Waals surface area (Å²) in [4.78, 5) is 0. The van der Waals surface area contributed by atoms with Crippen LogP contribution in [0.15, 0.2) is 42.5 Å². The molecule has 3 aromatic rings. The lowest BCUT2D eigenvalue weighted by Crippen LogP contribution is -2.13. The van der Waals surface area contributed by atoms with Gasteiger partial charge in [0.2, 0.25) is 0 Å². The summed E-state index contributed by atoms with van der Waals surface area (Å²) in [6.45, 7) is 8.86. The van der Waals surface area contributed by atoms with Gasteiger partial charge in [0.05, 0.1) is 11.2 Å². The minimum absolute atomic E-state index is 0.160. The zero-order valence-electron chi connectivity index (χ0n) is 12.4. The predicted molar refractivity (Wildman–Crippen MR) is 82.3 cm³/mol. The Morgan fingerprint density at radius 3 is 2.45 bits per heavy atom. The maximum Gasteiger partial charge on any atom is 0.113 e. The van der Waals surface area contributed by atoms with Crippen molar-refractivity contribution in [3.63, 3.8) is 0 Å². The van der Waals surface area contributed by atoms with Gasteiger partial charge in [-0.15, -0.1) is 5.10 Å². The van der Waals surface area contributed by atoms with Crippen LogP contribution in [0.4, 0.5) is 0 Å². The summed E-state index contributed by atoms with van der Waals surface area (Å²) in [5.41, 5.74) is 5.83. The molecule has 3 rings (SSSR count). The van der Waals surface area contributed by atoms with E-state index in [-0.39, 0.29) is 5.41 Å². The molecule has 20 heavy (non-hydrogen) atoms. The van der Waals surface area contributed by atoms with Crippen molar-refractivity contribution in [2.24, 2.45) is 0 Å². The molecule has 0 amide bonds. The Morgan fingerprint density at radius 1 is 1.00 bits per heavy atom. The van der Waals surface area contributed by atoms with Crippen LogP contribution in [0.1, 0.15) is 31.9 Å². The van der Waals surface area contributed by atoms with Crippen LogP contribution in [0.5, 0.6) is 0 Å². The van der Waals surface area contributed by atoms with Crippen molar-refractivity contribution in [1.82, 2.24) is 15.0 Å². The minimum Gasteiger partial charge on any atom is -0.213 e. The standard InChI is InChI=1S/C17H19N3/c1-12-11-13(9-10-14(12)17(2,3)4)20-16-8-6-5-7-15(16)18-19-20/h5-11H,1-4H3. The van der Waals surface area contributed by atoms with Gasteiger partial charge in [-0.05, 0) is 47.7 Å². The lowest BCUT2D eigenvalue weighted by Gasteiger charge is -2.22. The minimum atomic E-state index is 0.160. The Morgan fingerprint density at radius 2 is 1.75 bits per heavy atom. The normalized spacial score (nSPS) is 12.0. The monoisotopic (exact) mass is 265 g/mol. The van der Waals surface area contributed by atoms with Gasteiger partial charge in [-0.3, -0.25) is 0 Å². The number of para-hydroxylation sites is 1. The molecular weight excluding hydrogens is 246 g/mol. The van der Waals surface area contributed by atoms with E-state index in [9.17, 15) is 0 Å². The Balaban J connectivity index is 2.14. The average Bonchev–Trinajstić information content (AvgIpc) is 2.80. The average molecular weight is 265 g/mol. The number of aryl methyl sites for hydroxylation is 1. The molecule has 0 saturated heterocycles. The van der Waals surface area contributed by atoms with Gasteiger partial charge < -0.3 is 0 Å². The van der Waals surface area contributed by atoms with Crippen molar-refractivity contribution in [2.45, 2.75) is 33.1 Å². The Hall–Kier alpha value is -2.16. The molecule has 1 heterocycles. The van der Waals surface area contributed by atoms with E-state index in [1.807, 2.05) is 28.9 Å². The Labute approximate surface area is 119 Å². The number of rotatable bonds is 1. The first-order valence-electron chi connectivity index (χ1n) is 6.89. The van der Waals surface area contributed by atoms with E-state index < -0.39 is 0 Å². The second kappa shape index (κ2) is 4.44. The first-order valence-corrected chi connectivity index (χ1v) is 6.89. The van der Waals surface area contributed by atoms with E-state index in [1.54, 1.807) is 0 Å². The Kier molecular flexibility index (Phi) is 2.85. The molecule has 0 bridgehead atoms. The van der Waals surface area contributed by atoms with E-state index >= 15 is 0 Å². The van der Waals surface area contributed by atoms with Crippen LogP contribution in [0.25, 0.3) is 16.7 Å². The smallest absolute Gasteiger partial charge is 0.113 e. The van der Waals surface area contributed by atoms with E-state index in [0.29, 0.717) is 0 Å². The number of fused-ring (bicyclic) bond motifs is 1. The Bertz CT molecular complexity index is 763. The molecule has 0 spiro atoms. The first kappa shape index (κ1) is 12.9. The maximum atomic E-state index is 4.27. The van der Waals surface area contributed by atoms with E-state index in [2.05, 4.69) is 56.2 Å². The van der Waals surface area contributed by atoms with Gasteiger partial charge in [0.15, 0.2) is 0 Å². The van der Waals surface area contributed by atoms with Crippen LogP contribution in [0.2, 0.25) is 0 Å². The molecule has 102 valence electrons. The fraction of sp³-hybridized carbons (Fsp3) is 0.294. The summed E-state index contributed by atoms with van der Waals surface area (Å²) in [5.74, 6) is 0. The molecule has 0 aliphatic rings. The molecule has 0 radical (unpaired) electrons. The number of benzene rings is 2.